The molecule has 1 aliphatic rings. The fraction of sp³-hybridized carbons (Fsp3) is 0.429. The van der Waals surface area contributed by atoms with Gasteiger partial charge in [-0.1, -0.05) is 32.0 Å². The molecule has 0 aliphatic carbocycles. The van der Waals surface area contributed by atoms with Crippen molar-refractivity contribution in [2.45, 2.75) is 38.5 Å². The van der Waals surface area contributed by atoms with Crippen LogP contribution in [0.3, 0.4) is 0 Å². The van der Waals surface area contributed by atoms with Crippen LogP contribution in [0.15, 0.2) is 47.4 Å². The molecule has 26 heavy (non-hydrogen) atoms. The molecule has 0 atom stereocenters. The van der Waals surface area contributed by atoms with Crippen LogP contribution in [0.2, 0.25) is 0 Å². The summed E-state index contributed by atoms with van der Waals surface area (Å²) < 4.78 is 27.5. The molecule has 0 aromatic heterocycles. The Balaban J connectivity index is 1.72. The number of nitrogens with zero attached hydrogens (tertiary/aromatic N) is 2. The minimum atomic E-state index is -3.42. The Labute approximate surface area is 157 Å². The zero-order chi connectivity index (χ0) is 18.9. The fourth-order valence-electron chi connectivity index (χ4n) is 3.49. The highest BCUT2D eigenvalue weighted by molar-refractivity contribution is 7.89. The molecule has 0 spiro atoms. The van der Waals surface area contributed by atoms with Gasteiger partial charge in [0.15, 0.2) is 0 Å². The fourth-order valence-corrected chi connectivity index (χ4v) is 4.92. The molecule has 3 rings (SSSR count). The van der Waals surface area contributed by atoms with E-state index >= 15 is 0 Å². The van der Waals surface area contributed by atoms with Crippen LogP contribution >= 0.6 is 0 Å². The van der Waals surface area contributed by atoms with Gasteiger partial charge in [0, 0.05) is 31.9 Å². The summed E-state index contributed by atoms with van der Waals surface area (Å²) in [6, 6.07) is 13.8. The average Bonchev–Trinajstić information content (AvgIpc) is 2.61. The van der Waals surface area contributed by atoms with Gasteiger partial charge in [-0.15, -0.1) is 0 Å². The number of piperazine rings is 1. The number of rotatable bonds is 4. The van der Waals surface area contributed by atoms with Gasteiger partial charge in [0.05, 0.1) is 4.90 Å². The van der Waals surface area contributed by atoms with Crippen LogP contribution in [0.25, 0.3) is 0 Å². The van der Waals surface area contributed by atoms with Crippen molar-refractivity contribution in [1.29, 1.82) is 0 Å². The van der Waals surface area contributed by atoms with Gasteiger partial charge >= 0.3 is 0 Å². The van der Waals surface area contributed by atoms with Crippen LogP contribution in [-0.4, -0.2) is 38.9 Å². The van der Waals surface area contributed by atoms with Gasteiger partial charge in [-0.2, -0.15) is 4.31 Å². The van der Waals surface area contributed by atoms with Crippen molar-refractivity contribution in [2.75, 3.05) is 31.1 Å². The van der Waals surface area contributed by atoms with E-state index in [0.717, 1.165) is 5.56 Å². The summed E-state index contributed by atoms with van der Waals surface area (Å²) in [5, 5.41) is 0. The van der Waals surface area contributed by atoms with Crippen LogP contribution in [0.4, 0.5) is 5.69 Å². The van der Waals surface area contributed by atoms with Gasteiger partial charge in [-0.05, 0) is 60.7 Å². The van der Waals surface area contributed by atoms with Crippen molar-refractivity contribution in [3.05, 3.63) is 59.2 Å². The Kier molecular flexibility index (Phi) is 5.39. The number of benzene rings is 2. The average molecular weight is 373 g/mol. The summed E-state index contributed by atoms with van der Waals surface area (Å²) in [4.78, 5) is 2.66. The molecule has 5 heteroatoms. The van der Waals surface area contributed by atoms with E-state index < -0.39 is 10.0 Å². The smallest absolute Gasteiger partial charge is 0.243 e. The molecule has 2 aromatic rings. The topological polar surface area (TPSA) is 40.6 Å². The lowest BCUT2D eigenvalue weighted by Crippen LogP contribution is -2.48. The third-order valence-electron chi connectivity index (χ3n) is 4.99. The second kappa shape index (κ2) is 7.41. The summed E-state index contributed by atoms with van der Waals surface area (Å²) in [6.45, 7) is 10.9. The normalized spacial score (nSPS) is 16.3. The molecule has 4 nitrogen and oxygen atoms in total. The number of sulfonamides is 1. The van der Waals surface area contributed by atoms with E-state index in [1.807, 2.05) is 12.1 Å². The number of hydrogen-bond donors (Lipinski definition) is 0. The Morgan fingerprint density at radius 1 is 0.846 bits per heavy atom. The van der Waals surface area contributed by atoms with Gasteiger partial charge in [-0.3, -0.25) is 0 Å². The Bertz CT molecular complexity index is 845. The minimum Gasteiger partial charge on any atom is -0.369 e. The quantitative estimate of drug-likeness (QED) is 0.816. The molecular formula is C21H28N2O2S. The van der Waals surface area contributed by atoms with E-state index in [1.165, 1.54) is 16.8 Å². The molecule has 0 bridgehead atoms. The maximum atomic E-state index is 12.9. The third kappa shape index (κ3) is 3.94. The molecule has 0 unspecified atom stereocenters. The summed E-state index contributed by atoms with van der Waals surface area (Å²) in [5.74, 6) is 0.396. The molecule has 1 aliphatic heterocycles. The van der Waals surface area contributed by atoms with Crippen LogP contribution in [0, 0.1) is 13.8 Å². The molecular weight excluding hydrogens is 344 g/mol. The predicted molar refractivity (Wildman–Crippen MR) is 107 cm³/mol. The highest BCUT2D eigenvalue weighted by Crippen LogP contribution is 2.24. The lowest BCUT2D eigenvalue weighted by Gasteiger charge is -2.35. The molecule has 0 amide bonds. The van der Waals surface area contributed by atoms with Gasteiger partial charge in [-0.25, -0.2) is 8.42 Å². The van der Waals surface area contributed by atoms with Gasteiger partial charge < -0.3 is 4.90 Å². The molecule has 0 N–H and O–H groups in total. The third-order valence-corrected chi connectivity index (χ3v) is 6.91. The van der Waals surface area contributed by atoms with Crippen LogP contribution in [0.5, 0.6) is 0 Å². The van der Waals surface area contributed by atoms with E-state index in [4.69, 9.17) is 0 Å². The molecule has 0 saturated carbocycles. The number of anilines is 1. The minimum absolute atomic E-state index is 0.391. The van der Waals surface area contributed by atoms with Crippen LogP contribution in [-0.2, 0) is 10.0 Å². The van der Waals surface area contributed by atoms with Gasteiger partial charge in [0.25, 0.3) is 0 Å². The lowest BCUT2D eigenvalue weighted by atomic mass is 10.0. The van der Waals surface area contributed by atoms with E-state index in [0.29, 0.717) is 37.0 Å². The SMILES string of the molecule is Cc1cc(C)cc(N2CCN(S(=O)(=O)c3ccc(C(C)C)cc3)CC2)c1. The van der Waals surface area contributed by atoms with Crippen LogP contribution in [0.1, 0.15) is 36.5 Å². The number of aryl methyl sites for hydroxylation is 2. The largest absolute Gasteiger partial charge is 0.369 e. The first-order valence-electron chi connectivity index (χ1n) is 9.21. The number of hydrogen-bond acceptors (Lipinski definition) is 3. The summed E-state index contributed by atoms with van der Waals surface area (Å²) >= 11 is 0. The molecule has 0 radical (unpaired) electrons. The Hall–Kier alpha value is -1.85. The first kappa shape index (κ1) is 18.9. The Morgan fingerprint density at radius 3 is 1.88 bits per heavy atom. The maximum Gasteiger partial charge on any atom is 0.243 e. The predicted octanol–water partition coefficient (Wildman–Crippen LogP) is 3.94. The van der Waals surface area contributed by atoms with Crippen molar-refractivity contribution in [3.63, 3.8) is 0 Å². The molecule has 1 heterocycles. The van der Waals surface area contributed by atoms with Crippen molar-refractivity contribution in [3.8, 4) is 0 Å². The monoisotopic (exact) mass is 372 g/mol. The zero-order valence-electron chi connectivity index (χ0n) is 16.1. The van der Waals surface area contributed by atoms with Gasteiger partial charge in [0.1, 0.15) is 0 Å². The van der Waals surface area contributed by atoms with Crippen molar-refractivity contribution in [2.24, 2.45) is 0 Å². The van der Waals surface area contributed by atoms with Crippen molar-refractivity contribution >= 4 is 15.7 Å². The highest BCUT2D eigenvalue weighted by atomic mass is 32.2. The first-order valence-corrected chi connectivity index (χ1v) is 10.6. The summed E-state index contributed by atoms with van der Waals surface area (Å²) in [6.07, 6.45) is 0. The molecule has 2 aromatic carbocycles. The maximum absolute atomic E-state index is 12.9. The Morgan fingerprint density at radius 2 is 1.38 bits per heavy atom. The summed E-state index contributed by atoms with van der Waals surface area (Å²) in [7, 11) is -3.42. The second-order valence-electron chi connectivity index (χ2n) is 7.46. The van der Waals surface area contributed by atoms with E-state index in [-0.39, 0.29) is 0 Å². The van der Waals surface area contributed by atoms with Crippen molar-refractivity contribution < 1.29 is 8.42 Å². The van der Waals surface area contributed by atoms with E-state index in [9.17, 15) is 8.42 Å². The molecule has 1 fully saturated rings. The second-order valence-corrected chi connectivity index (χ2v) is 9.40. The van der Waals surface area contributed by atoms with E-state index in [1.54, 1.807) is 16.4 Å². The van der Waals surface area contributed by atoms with Crippen molar-refractivity contribution in [1.82, 2.24) is 4.31 Å². The zero-order valence-corrected chi connectivity index (χ0v) is 16.9. The highest BCUT2D eigenvalue weighted by Gasteiger charge is 2.28. The lowest BCUT2D eigenvalue weighted by molar-refractivity contribution is 0.385. The molecule has 140 valence electrons. The van der Waals surface area contributed by atoms with Gasteiger partial charge in [0.2, 0.25) is 10.0 Å². The first-order chi connectivity index (χ1) is 12.3. The van der Waals surface area contributed by atoms with Crippen LogP contribution < -0.4 is 4.90 Å². The summed E-state index contributed by atoms with van der Waals surface area (Å²) in [5.41, 5.74) is 4.81. The van der Waals surface area contributed by atoms with E-state index in [2.05, 4.69) is 50.8 Å². The standard InChI is InChI=1S/C21H28N2O2S/c1-16(2)19-5-7-21(8-6-19)26(24,25)23-11-9-22(10-12-23)20-14-17(3)13-18(4)15-20/h5-8,13-16H,9-12H2,1-4H3. The molecule has 1 saturated heterocycles.